The molecule has 30 heavy (non-hydrogen) atoms. The molecule has 0 N–H and O–H groups in total. The minimum atomic E-state index is 0.0490. The van der Waals surface area contributed by atoms with Crippen LogP contribution in [0.3, 0.4) is 0 Å². The minimum absolute atomic E-state index is 0.0490. The summed E-state index contributed by atoms with van der Waals surface area (Å²) in [7, 11) is 0. The van der Waals surface area contributed by atoms with Gasteiger partial charge < -0.3 is 9.80 Å². The van der Waals surface area contributed by atoms with Crippen LogP contribution in [-0.2, 0) is 0 Å². The highest BCUT2D eigenvalue weighted by Gasteiger charge is 2.25. The molecule has 3 heterocycles. The fourth-order valence-corrected chi connectivity index (χ4v) is 4.92. The predicted octanol–water partition coefficient (Wildman–Crippen LogP) is 4.99. The first kappa shape index (κ1) is 19.2. The molecule has 0 bridgehead atoms. The number of para-hydroxylation sites is 1. The van der Waals surface area contributed by atoms with Crippen molar-refractivity contribution >= 4 is 39.5 Å². The third-order valence-electron chi connectivity index (χ3n) is 5.54. The first-order chi connectivity index (χ1) is 14.6. The lowest BCUT2D eigenvalue weighted by molar-refractivity contribution is 0.0740. The van der Waals surface area contributed by atoms with Gasteiger partial charge in [-0.1, -0.05) is 53.6 Å². The summed E-state index contributed by atoms with van der Waals surface area (Å²) in [6.45, 7) is 4.93. The summed E-state index contributed by atoms with van der Waals surface area (Å²) in [4.78, 5) is 22.9. The number of anilines is 1. The molecule has 1 fully saturated rings. The average Bonchev–Trinajstić information content (AvgIpc) is 3.35. The Morgan fingerprint density at radius 1 is 1.03 bits per heavy atom. The standard InChI is InChI=1S/C23H21ClN4OS/c1-16-6-8-17(9-7-16)19-14-28-21(15-30-23(28)25-19)22(29)27-12-10-26(11-13-27)20-5-3-2-4-18(20)24/h2-9,14-15H,10-13H2,1H3. The highest BCUT2D eigenvalue weighted by molar-refractivity contribution is 7.15. The summed E-state index contributed by atoms with van der Waals surface area (Å²) in [6.07, 6.45) is 1.96. The minimum Gasteiger partial charge on any atom is -0.367 e. The number of thiazole rings is 1. The molecular formula is C23H21ClN4OS. The first-order valence-electron chi connectivity index (χ1n) is 9.92. The first-order valence-corrected chi connectivity index (χ1v) is 11.2. The van der Waals surface area contributed by atoms with Crippen LogP contribution < -0.4 is 4.90 Å². The van der Waals surface area contributed by atoms with Gasteiger partial charge in [0.25, 0.3) is 5.91 Å². The second-order valence-electron chi connectivity index (χ2n) is 7.50. The lowest BCUT2D eigenvalue weighted by Gasteiger charge is -2.36. The summed E-state index contributed by atoms with van der Waals surface area (Å²) in [5.41, 5.74) is 4.86. The van der Waals surface area contributed by atoms with Crippen LogP contribution in [0.2, 0.25) is 5.02 Å². The van der Waals surface area contributed by atoms with E-state index in [1.54, 1.807) is 0 Å². The number of fused-ring (bicyclic) bond motifs is 1. The molecular weight excluding hydrogens is 416 g/mol. The van der Waals surface area contributed by atoms with E-state index >= 15 is 0 Å². The van der Waals surface area contributed by atoms with Gasteiger partial charge in [0.15, 0.2) is 4.96 Å². The number of aromatic nitrogens is 2. The largest absolute Gasteiger partial charge is 0.367 e. The molecule has 5 nitrogen and oxygen atoms in total. The van der Waals surface area contributed by atoms with Crippen LogP contribution in [0, 0.1) is 6.92 Å². The molecule has 1 aliphatic rings. The van der Waals surface area contributed by atoms with Gasteiger partial charge >= 0.3 is 0 Å². The van der Waals surface area contributed by atoms with Crippen LogP contribution in [-0.4, -0.2) is 46.4 Å². The second-order valence-corrected chi connectivity index (χ2v) is 8.74. The van der Waals surface area contributed by atoms with Crippen molar-refractivity contribution in [2.24, 2.45) is 0 Å². The van der Waals surface area contributed by atoms with Crippen LogP contribution >= 0.6 is 22.9 Å². The molecule has 0 aliphatic carbocycles. The highest BCUT2D eigenvalue weighted by atomic mass is 35.5. The smallest absolute Gasteiger partial charge is 0.271 e. The number of nitrogens with zero attached hydrogens (tertiary/aromatic N) is 4. The molecule has 0 saturated carbocycles. The van der Waals surface area contributed by atoms with E-state index in [4.69, 9.17) is 16.6 Å². The Morgan fingerprint density at radius 3 is 2.50 bits per heavy atom. The zero-order chi connectivity index (χ0) is 20.7. The van der Waals surface area contributed by atoms with Crippen molar-refractivity contribution in [3.8, 4) is 11.3 Å². The van der Waals surface area contributed by atoms with Gasteiger partial charge in [-0.25, -0.2) is 4.98 Å². The van der Waals surface area contributed by atoms with Crippen LogP contribution in [0.1, 0.15) is 16.1 Å². The number of aryl methyl sites for hydroxylation is 1. The van der Waals surface area contributed by atoms with E-state index in [1.165, 1.54) is 16.9 Å². The van der Waals surface area contributed by atoms with Gasteiger partial charge in [0.2, 0.25) is 0 Å². The van der Waals surface area contributed by atoms with E-state index in [0.29, 0.717) is 18.8 Å². The number of piperazine rings is 1. The SMILES string of the molecule is Cc1ccc(-c2cn3c(C(=O)N4CCN(c5ccccc5Cl)CC4)csc3n2)cc1. The van der Waals surface area contributed by atoms with Crippen molar-refractivity contribution in [1.82, 2.24) is 14.3 Å². The van der Waals surface area contributed by atoms with E-state index in [2.05, 4.69) is 36.1 Å². The number of carbonyl (C=O) groups excluding carboxylic acids is 1. The monoisotopic (exact) mass is 436 g/mol. The molecule has 4 aromatic rings. The Hall–Kier alpha value is -2.83. The maximum absolute atomic E-state index is 13.2. The maximum atomic E-state index is 13.2. The topological polar surface area (TPSA) is 40.9 Å². The number of carbonyl (C=O) groups is 1. The third-order valence-corrected chi connectivity index (χ3v) is 6.70. The van der Waals surface area contributed by atoms with Gasteiger partial charge in [-0.2, -0.15) is 0 Å². The van der Waals surface area contributed by atoms with E-state index in [0.717, 1.165) is 40.0 Å². The zero-order valence-corrected chi connectivity index (χ0v) is 18.2. The predicted molar refractivity (Wildman–Crippen MR) is 123 cm³/mol. The van der Waals surface area contributed by atoms with Gasteiger partial charge in [-0.3, -0.25) is 9.20 Å². The Morgan fingerprint density at radius 2 is 1.77 bits per heavy atom. The van der Waals surface area contributed by atoms with Crippen molar-refractivity contribution in [2.45, 2.75) is 6.92 Å². The number of halogens is 1. The lowest BCUT2D eigenvalue weighted by Crippen LogP contribution is -2.49. The Labute approximate surface area is 184 Å². The maximum Gasteiger partial charge on any atom is 0.271 e. The van der Waals surface area contributed by atoms with E-state index in [1.807, 2.05) is 45.1 Å². The Bertz CT molecular complexity index is 1210. The molecule has 1 amide bonds. The fraction of sp³-hybridized carbons (Fsp3) is 0.217. The number of hydrogen-bond donors (Lipinski definition) is 0. The average molecular weight is 437 g/mol. The van der Waals surface area contributed by atoms with Crippen molar-refractivity contribution in [3.63, 3.8) is 0 Å². The molecule has 2 aromatic carbocycles. The number of benzene rings is 2. The van der Waals surface area contributed by atoms with Gasteiger partial charge in [-0.05, 0) is 19.1 Å². The lowest BCUT2D eigenvalue weighted by atomic mass is 10.1. The van der Waals surface area contributed by atoms with Gasteiger partial charge in [0, 0.05) is 43.3 Å². The van der Waals surface area contributed by atoms with Crippen molar-refractivity contribution < 1.29 is 4.79 Å². The second kappa shape index (κ2) is 7.78. The zero-order valence-electron chi connectivity index (χ0n) is 16.6. The quantitative estimate of drug-likeness (QED) is 0.454. The number of imidazole rings is 1. The van der Waals surface area contributed by atoms with Gasteiger partial charge in [0.1, 0.15) is 5.69 Å². The summed E-state index contributed by atoms with van der Waals surface area (Å²) in [6, 6.07) is 16.1. The van der Waals surface area contributed by atoms with Crippen molar-refractivity contribution in [1.29, 1.82) is 0 Å². The number of amides is 1. The fourth-order valence-electron chi connectivity index (χ4n) is 3.82. The molecule has 7 heteroatoms. The van der Waals surface area contributed by atoms with Crippen LogP contribution in [0.15, 0.2) is 60.1 Å². The van der Waals surface area contributed by atoms with Gasteiger partial charge in [0.05, 0.1) is 16.4 Å². The van der Waals surface area contributed by atoms with Crippen LogP contribution in [0.25, 0.3) is 16.2 Å². The third kappa shape index (κ3) is 3.46. The molecule has 0 spiro atoms. The highest BCUT2D eigenvalue weighted by Crippen LogP contribution is 2.27. The van der Waals surface area contributed by atoms with Gasteiger partial charge in [-0.15, -0.1) is 11.3 Å². The summed E-state index contributed by atoms with van der Waals surface area (Å²) >= 11 is 7.83. The van der Waals surface area contributed by atoms with Crippen molar-refractivity contribution in [3.05, 3.63) is 76.4 Å². The molecule has 152 valence electrons. The normalized spacial score (nSPS) is 14.5. The molecule has 1 saturated heterocycles. The summed E-state index contributed by atoms with van der Waals surface area (Å²) in [5.74, 6) is 0.0490. The molecule has 0 radical (unpaired) electrons. The van der Waals surface area contributed by atoms with Crippen LogP contribution in [0.5, 0.6) is 0 Å². The van der Waals surface area contributed by atoms with E-state index in [9.17, 15) is 4.79 Å². The number of hydrogen-bond acceptors (Lipinski definition) is 4. The molecule has 0 atom stereocenters. The number of rotatable bonds is 3. The summed E-state index contributed by atoms with van der Waals surface area (Å²) in [5, 5.41) is 2.66. The Kier molecular flexibility index (Phi) is 4.97. The molecule has 2 aromatic heterocycles. The summed E-state index contributed by atoms with van der Waals surface area (Å²) < 4.78 is 1.92. The molecule has 0 unspecified atom stereocenters. The van der Waals surface area contributed by atoms with E-state index in [-0.39, 0.29) is 5.91 Å². The van der Waals surface area contributed by atoms with Crippen molar-refractivity contribution in [2.75, 3.05) is 31.1 Å². The van der Waals surface area contributed by atoms with Crippen LogP contribution in [0.4, 0.5) is 5.69 Å². The Balaban J connectivity index is 1.34. The van der Waals surface area contributed by atoms with E-state index < -0.39 is 0 Å². The molecule has 1 aliphatic heterocycles. The molecule has 5 rings (SSSR count).